The van der Waals surface area contributed by atoms with Gasteiger partial charge in [-0.3, -0.25) is 4.79 Å². The molecule has 0 N–H and O–H groups in total. The molecule has 1 aromatic rings. The van der Waals surface area contributed by atoms with Gasteiger partial charge in [-0.15, -0.1) is 11.8 Å². The second-order valence-electron chi connectivity index (χ2n) is 6.94. The normalized spacial score (nSPS) is 17.6. The number of rotatable bonds is 3. The van der Waals surface area contributed by atoms with E-state index in [0.717, 1.165) is 17.2 Å². The van der Waals surface area contributed by atoms with Crippen LogP contribution < -0.4 is 0 Å². The average Bonchev–Trinajstić information content (AvgIpc) is 3.19. The van der Waals surface area contributed by atoms with Crippen LogP contribution in [0.3, 0.4) is 0 Å². The lowest BCUT2D eigenvalue weighted by Crippen LogP contribution is -2.36. The third-order valence-corrected chi connectivity index (χ3v) is 4.90. The molecule has 0 atom stereocenters. The van der Waals surface area contributed by atoms with Crippen LogP contribution in [0.15, 0.2) is 23.1 Å². The monoisotopic (exact) mass is 319 g/mol. The van der Waals surface area contributed by atoms with Crippen molar-refractivity contribution in [3.63, 3.8) is 0 Å². The number of hydrogen-bond acceptors (Lipinski definition) is 4. The predicted molar refractivity (Wildman–Crippen MR) is 86.0 cm³/mol. The molecule has 1 aliphatic carbocycles. The first kappa shape index (κ1) is 15.4. The molecule has 1 aliphatic heterocycles. The molecule has 22 heavy (non-hydrogen) atoms. The van der Waals surface area contributed by atoms with Gasteiger partial charge in [0.25, 0.3) is 5.91 Å². The van der Waals surface area contributed by atoms with Crippen LogP contribution in [-0.4, -0.2) is 28.3 Å². The molecule has 118 valence electrons. The molecule has 5 heteroatoms. The van der Waals surface area contributed by atoms with E-state index < -0.39 is 11.7 Å². The van der Waals surface area contributed by atoms with Gasteiger partial charge in [-0.1, -0.05) is 0 Å². The zero-order valence-corrected chi connectivity index (χ0v) is 14.0. The van der Waals surface area contributed by atoms with Gasteiger partial charge in [0, 0.05) is 16.2 Å². The molecular weight excluding hydrogens is 298 g/mol. The molecule has 1 fully saturated rings. The van der Waals surface area contributed by atoms with Crippen molar-refractivity contribution in [2.45, 2.75) is 50.7 Å². The van der Waals surface area contributed by atoms with E-state index in [1.807, 2.05) is 30.0 Å². The summed E-state index contributed by atoms with van der Waals surface area (Å²) in [7, 11) is 0. The quantitative estimate of drug-likeness (QED) is 0.788. The lowest BCUT2D eigenvalue weighted by molar-refractivity contribution is 0.0248. The number of imide groups is 1. The molecular formula is C17H21NO3S. The summed E-state index contributed by atoms with van der Waals surface area (Å²) in [5.74, 6) is 1.74. The number of nitrogens with zero attached hydrogens (tertiary/aromatic N) is 1. The van der Waals surface area contributed by atoms with Crippen molar-refractivity contribution in [3.05, 3.63) is 29.3 Å². The molecule has 0 bridgehead atoms. The summed E-state index contributed by atoms with van der Waals surface area (Å²) in [6.07, 6.45) is 2.10. The summed E-state index contributed by atoms with van der Waals surface area (Å²) in [6.45, 7) is 5.70. The van der Waals surface area contributed by atoms with Gasteiger partial charge in [0.2, 0.25) is 0 Å². The van der Waals surface area contributed by atoms with Gasteiger partial charge in [0.15, 0.2) is 0 Å². The van der Waals surface area contributed by atoms with Crippen molar-refractivity contribution in [1.82, 2.24) is 4.90 Å². The van der Waals surface area contributed by atoms with Crippen LogP contribution in [0.1, 0.15) is 49.5 Å². The highest BCUT2D eigenvalue weighted by Gasteiger charge is 2.35. The van der Waals surface area contributed by atoms with Gasteiger partial charge in [-0.25, -0.2) is 9.69 Å². The zero-order chi connectivity index (χ0) is 15.9. The van der Waals surface area contributed by atoms with Crippen molar-refractivity contribution >= 4 is 23.8 Å². The van der Waals surface area contributed by atoms with Gasteiger partial charge in [-0.05, 0) is 63.3 Å². The smallest absolute Gasteiger partial charge is 0.417 e. The van der Waals surface area contributed by atoms with Crippen molar-refractivity contribution in [3.8, 4) is 0 Å². The van der Waals surface area contributed by atoms with Crippen LogP contribution in [0.4, 0.5) is 4.79 Å². The number of carbonyl (C=O) groups is 2. The molecule has 1 saturated carbocycles. The Morgan fingerprint density at radius 3 is 2.73 bits per heavy atom. The van der Waals surface area contributed by atoms with Crippen LogP contribution in [0, 0.1) is 5.92 Å². The third-order valence-electron chi connectivity index (χ3n) is 3.68. The minimum atomic E-state index is -0.600. The first-order valence-electron chi connectivity index (χ1n) is 7.64. The Balaban J connectivity index is 1.70. The minimum Gasteiger partial charge on any atom is -0.443 e. The molecule has 0 aromatic heterocycles. The van der Waals surface area contributed by atoms with E-state index in [0.29, 0.717) is 12.1 Å². The number of amides is 2. The largest absolute Gasteiger partial charge is 0.443 e. The molecule has 2 aliphatic rings. The highest BCUT2D eigenvalue weighted by atomic mass is 32.2. The maximum Gasteiger partial charge on any atom is 0.417 e. The summed E-state index contributed by atoms with van der Waals surface area (Å²) >= 11 is 1.83. The van der Waals surface area contributed by atoms with E-state index in [2.05, 4.69) is 0 Å². The van der Waals surface area contributed by atoms with E-state index in [1.165, 1.54) is 22.6 Å². The number of carbonyl (C=O) groups excluding carboxylic acids is 2. The van der Waals surface area contributed by atoms with Crippen molar-refractivity contribution in [2.24, 2.45) is 5.92 Å². The Kier molecular flexibility index (Phi) is 3.93. The molecule has 0 spiro atoms. The molecule has 3 rings (SSSR count). The SMILES string of the molecule is CC(C)(C)OC(=O)N1Cc2cc(SCC3CC3)ccc2C1=O. The number of fused-ring (bicyclic) bond motifs is 1. The molecule has 4 nitrogen and oxygen atoms in total. The third kappa shape index (κ3) is 3.46. The van der Waals surface area contributed by atoms with Gasteiger partial charge >= 0.3 is 6.09 Å². The highest BCUT2D eigenvalue weighted by Crippen LogP contribution is 2.36. The summed E-state index contributed by atoms with van der Waals surface area (Å²) < 4.78 is 5.30. The van der Waals surface area contributed by atoms with Crippen LogP contribution in [-0.2, 0) is 11.3 Å². The number of hydrogen-bond donors (Lipinski definition) is 0. The summed E-state index contributed by atoms with van der Waals surface area (Å²) in [6, 6.07) is 5.84. The zero-order valence-electron chi connectivity index (χ0n) is 13.2. The minimum absolute atomic E-state index is 0.261. The van der Waals surface area contributed by atoms with Gasteiger partial charge in [-0.2, -0.15) is 0 Å². The van der Waals surface area contributed by atoms with Crippen molar-refractivity contribution in [1.29, 1.82) is 0 Å². The second kappa shape index (κ2) is 5.61. The molecule has 1 heterocycles. The van der Waals surface area contributed by atoms with Crippen molar-refractivity contribution < 1.29 is 14.3 Å². The molecule has 0 saturated heterocycles. The van der Waals surface area contributed by atoms with E-state index in [4.69, 9.17) is 4.74 Å². The number of thioether (sulfide) groups is 1. The van der Waals surface area contributed by atoms with Crippen LogP contribution in [0.5, 0.6) is 0 Å². The summed E-state index contributed by atoms with van der Waals surface area (Å²) in [5, 5.41) is 0. The number of ether oxygens (including phenoxy) is 1. The second-order valence-corrected chi connectivity index (χ2v) is 8.04. The Morgan fingerprint density at radius 2 is 2.09 bits per heavy atom. The first-order valence-corrected chi connectivity index (χ1v) is 8.62. The Morgan fingerprint density at radius 1 is 1.36 bits per heavy atom. The van der Waals surface area contributed by atoms with E-state index >= 15 is 0 Å². The lowest BCUT2D eigenvalue weighted by atomic mass is 10.1. The van der Waals surface area contributed by atoms with Gasteiger partial charge in [0.1, 0.15) is 5.60 Å². The van der Waals surface area contributed by atoms with Gasteiger partial charge < -0.3 is 4.74 Å². The summed E-state index contributed by atoms with van der Waals surface area (Å²) in [4.78, 5) is 26.8. The Labute approximate surface area is 135 Å². The Hall–Kier alpha value is -1.49. The average molecular weight is 319 g/mol. The number of benzene rings is 1. The highest BCUT2D eigenvalue weighted by molar-refractivity contribution is 7.99. The van der Waals surface area contributed by atoms with Crippen LogP contribution in [0.25, 0.3) is 0 Å². The maximum absolute atomic E-state index is 12.3. The van der Waals surface area contributed by atoms with Crippen molar-refractivity contribution in [2.75, 3.05) is 5.75 Å². The molecule has 1 aromatic carbocycles. The summed E-state index contributed by atoms with van der Waals surface area (Å²) in [5.41, 5.74) is 0.926. The van der Waals surface area contributed by atoms with E-state index in [1.54, 1.807) is 20.8 Å². The predicted octanol–water partition coefficient (Wildman–Crippen LogP) is 4.08. The fourth-order valence-corrected chi connectivity index (χ4v) is 3.50. The van der Waals surface area contributed by atoms with Crippen LogP contribution >= 0.6 is 11.8 Å². The topological polar surface area (TPSA) is 46.6 Å². The molecule has 2 amide bonds. The van der Waals surface area contributed by atoms with E-state index in [9.17, 15) is 9.59 Å². The maximum atomic E-state index is 12.3. The molecule has 0 unspecified atom stereocenters. The van der Waals surface area contributed by atoms with Crippen LogP contribution in [0.2, 0.25) is 0 Å². The first-order chi connectivity index (χ1) is 10.3. The molecule has 0 radical (unpaired) electrons. The van der Waals surface area contributed by atoms with E-state index in [-0.39, 0.29) is 5.91 Å². The fraction of sp³-hybridized carbons (Fsp3) is 0.529. The lowest BCUT2D eigenvalue weighted by Gasteiger charge is -2.23. The Bertz CT molecular complexity index is 617. The van der Waals surface area contributed by atoms with Gasteiger partial charge in [0.05, 0.1) is 6.54 Å². The standard InChI is InChI=1S/C17H21NO3S/c1-17(2,3)21-16(20)18-9-12-8-13(22-10-11-4-5-11)6-7-14(12)15(18)19/h6-8,11H,4-5,9-10H2,1-3H3. The fourth-order valence-electron chi connectivity index (χ4n) is 2.35.